The predicted octanol–water partition coefficient (Wildman–Crippen LogP) is 4.37. The molecular weight excluding hydrogens is 364 g/mol. The highest BCUT2D eigenvalue weighted by atomic mass is 79.9. The van der Waals surface area contributed by atoms with E-state index in [1.54, 1.807) is 0 Å². The SMILES string of the molecule is Cc1ccc2c3c([nH]c2c1)CCN(C(=O)Cc1ccccc1Br)C3. The lowest BCUT2D eigenvalue weighted by atomic mass is 10.0. The zero-order valence-electron chi connectivity index (χ0n) is 13.6. The summed E-state index contributed by atoms with van der Waals surface area (Å²) in [4.78, 5) is 18.2. The first-order valence-electron chi connectivity index (χ1n) is 8.23. The molecule has 1 amide bonds. The fraction of sp³-hybridized carbons (Fsp3) is 0.250. The molecule has 0 fully saturated rings. The van der Waals surface area contributed by atoms with Gasteiger partial charge in [0.1, 0.15) is 0 Å². The van der Waals surface area contributed by atoms with Crippen molar-refractivity contribution in [2.45, 2.75) is 26.3 Å². The van der Waals surface area contributed by atoms with Crippen LogP contribution < -0.4 is 0 Å². The molecule has 0 radical (unpaired) electrons. The number of nitrogens with zero attached hydrogens (tertiary/aromatic N) is 1. The number of nitrogens with one attached hydrogen (secondary N) is 1. The van der Waals surface area contributed by atoms with Gasteiger partial charge in [0.2, 0.25) is 5.91 Å². The van der Waals surface area contributed by atoms with Crippen LogP contribution in [0.2, 0.25) is 0 Å². The van der Waals surface area contributed by atoms with Crippen molar-refractivity contribution in [3.05, 3.63) is 69.3 Å². The summed E-state index contributed by atoms with van der Waals surface area (Å²) in [5.41, 5.74) is 6.03. The van der Waals surface area contributed by atoms with Crippen molar-refractivity contribution in [2.24, 2.45) is 0 Å². The number of carbonyl (C=O) groups excluding carboxylic acids is 1. The van der Waals surface area contributed by atoms with Crippen LogP contribution in [-0.4, -0.2) is 22.3 Å². The van der Waals surface area contributed by atoms with Crippen molar-refractivity contribution in [1.82, 2.24) is 9.88 Å². The van der Waals surface area contributed by atoms with Crippen molar-refractivity contribution in [2.75, 3.05) is 6.54 Å². The second kappa shape index (κ2) is 6.10. The van der Waals surface area contributed by atoms with Gasteiger partial charge >= 0.3 is 0 Å². The number of rotatable bonds is 2. The number of benzene rings is 2. The molecule has 0 saturated heterocycles. The number of aromatic nitrogens is 1. The summed E-state index contributed by atoms with van der Waals surface area (Å²) < 4.78 is 0.999. The summed E-state index contributed by atoms with van der Waals surface area (Å²) in [6.45, 7) is 3.58. The number of aromatic amines is 1. The van der Waals surface area contributed by atoms with E-state index in [1.165, 1.54) is 27.7 Å². The molecule has 0 bridgehead atoms. The van der Waals surface area contributed by atoms with E-state index in [2.05, 4.69) is 46.0 Å². The minimum Gasteiger partial charge on any atom is -0.358 e. The third kappa shape index (κ3) is 2.75. The first-order chi connectivity index (χ1) is 11.6. The first-order valence-corrected chi connectivity index (χ1v) is 9.02. The third-order valence-electron chi connectivity index (χ3n) is 4.78. The largest absolute Gasteiger partial charge is 0.358 e. The Labute approximate surface area is 149 Å². The van der Waals surface area contributed by atoms with E-state index >= 15 is 0 Å². The lowest BCUT2D eigenvalue weighted by Crippen LogP contribution is -2.36. The zero-order chi connectivity index (χ0) is 16.7. The standard InChI is InChI=1S/C20H19BrN2O/c1-13-6-7-15-16-12-23(9-8-18(16)22-19(15)10-13)20(24)11-14-4-2-3-5-17(14)21/h2-7,10,22H,8-9,11-12H2,1H3. The van der Waals surface area contributed by atoms with Crippen LogP contribution in [0.25, 0.3) is 10.9 Å². The Balaban J connectivity index is 1.58. The Morgan fingerprint density at radius 1 is 1.25 bits per heavy atom. The molecule has 1 N–H and O–H groups in total. The average molecular weight is 383 g/mol. The Hall–Kier alpha value is -2.07. The fourth-order valence-corrected chi connectivity index (χ4v) is 3.89. The number of amides is 1. The van der Waals surface area contributed by atoms with Crippen molar-refractivity contribution in [1.29, 1.82) is 0 Å². The maximum absolute atomic E-state index is 12.7. The van der Waals surface area contributed by atoms with Crippen LogP contribution in [0.15, 0.2) is 46.9 Å². The van der Waals surface area contributed by atoms with Gasteiger partial charge in [0, 0.05) is 46.1 Å². The molecule has 3 aromatic rings. The Bertz CT molecular complexity index is 929. The molecule has 1 aliphatic rings. The number of fused-ring (bicyclic) bond motifs is 3. The molecule has 2 heterocycles. The zero-order valence-corrected chi connectivity index (χ0v) is 15.2. The van der Waals surface area contributed by atoms with Crippen LogP contribution in [0.3, 0.4) is 0 Å². The normalized spacial score (nSPS) is 14.0. The number of hydrogen-bond donors (Lipinski definition) is 1. The van der Waals surface area contributed by atoms with Crippen molar-refractivity contribution >= 4 is 32.7 Å². The number of carbonyl (C=O) groups is 1. The molecule has 0 saturated carbocycles. The second-order valence-electron chi connectivity index (χ2n) is 6.46. The van der Waals surface area contributed by atoms with E-state index in [0.717, 1.165) is 23.0 Å². The molecule has 0 atom stereocenters. The van der Waals surface area contributed by atoms with Crippen LogP contribution in [0.4, 0.5) is 0 Å². The van der Waals surface area contributed by atoms with E-state index in [1.807, 2.05) is 29.2 Å². The van der Waals surface area contributed by atoms with Gasteiger partial charge in [-0.05, 0) is 30.2 Å². The molecule has 1 aromatic heterocycles. The number of halogens is 1. The lowest BCUT2D eigenvalue weighted by Gasteiger charge is -2.27. The molecule has 24 heavy (non-hydrogen) atoms. The lowest BCUT2D eigenvalue weighted by molar-refractivity contribution is -0.131. The van der Waals surface area contributed by atoms with Gasteiger partial charge in [0.05, 0.1) is 6.42 Å². The van der Waals surface area contributed by atoms with Crippen molar-refractivity contribution < 1.29 is 4.79 Å². The Morgan fingerprint density at radius 2 is 2.08 bits per heavy atom. The monoisotopic (exact) mass is 382 g/mol. The average Bonchev–Trinajstić information content (AvgIpc) is 2.93. The van der Waals surface area contributed by atoms with E-state index in [4.69, 9.17) is 0 Å². The Morgan fingerprint density at radius 3 is 2.92 bits per heavy atom. The van der Waals surface area contributed by atoms with Gasteiger partial charge in [0.15, 0.2) is 0 Å². The first kappa shape index (κ1) is 15.5. The molecule has 4 heteroatoms. The van der Waals surface area contributed by atoms with Gasteiger partial charge in [-0.25, -0.2) is 0 Å². The summed E-state index contributed by atoms with van der Waals surface area (Å²) in [6, 6.07) is 14.4. The summed E-state index contributed by atoms with van der Waals surface area (Å²) in [5, 5.41) is 1.24. The molecule has 2 aromatic carbocycles. The minimum atomic E-state index is 0.189. The molecule has 0 spiro atoms. The summed E-state index contributed by atoms with van der Waals surface area (Å²) >= 11 is 3.53. The number of H-pyrrole nitrogens is 1. The molecule has 3 nitrogen and oxygen atoms in total. The van der Waals surface area contributed by atoms with Gasteiger partial charge < -0.3 is 9.88 Å². The molecular formula is C20H19BrN2O. The van der Waals surface area contributed by atoms with Crippen LogP contribution in [0, 0.1) is 6.92 Å². The quantitative estimate of drug-likeness (QED) is 0.701. The van der Waals surface area contributed by atoms with Gasteiger partial charge in [0.25, 0.3) is 0 Å². The molecule has 1 aliphatic heterocycles. The van der Waals surface area contributed by atoms with E-state index in [0.29, 0.717) is 13.0 Å². The van der Waals surface area contributed by atoms with Gasteiger partial charge in [-0.2, -0.15) is 0 Å². The van der Waals surface area contributed by atoms with Crippen LogP contribution in [0.5, 0.6) is 0 Å². The molecule has 4 rings (SSSR count). The maximum Gasteiger partial charge on any atom is 0.227 e. The topological polar surface area (TPSA) is 36.1 Å². The molecule has 0 aliphatic carbocycles. The Kier molecular flexibility index (Phi) is 3.93. The fourth-order valence-electron chi connectivity index (χ4n) is 3.47. The van der Waals surface area contributed by atoms with E-state index in [-0.39, 0.29) is 5.91 Å². The number of aryl methyl sites for hydroxylation is 1. The van der Waals surface area contributed by atoms with Crippen LogP contribution in [-0.2, 0) is 24.2 Å². The van der Waals surface area contributed by atoms with E-state index < -0.39 is 0 Å². The molecule has 122 valence electrons. The van der Waals surface area contributed by atoms with Gasteiger partial charge in [-0.1, -0.05) is 46.3 Å². The van der Waals surface area contributed by atoms with Gasteiger partial charge in [-0.3, -0.25) is 4.79 Å². The van der Waals surface area contributed by atoms with Crippen LogP contribution in [0.1, 0.15) is 22.4 Å². The summed E-state index contributed by atoms with van der Waals surface area (Å²) in [6.07, 6.45) is 1.34. The highest BCUT2D eigenvalue weighted by Gasteiger charge is 2.24. The third-order valence-corrected chi connectivity index (χ3v) is 5.56. The highest BCUT2D eigenvalue weighted by molar-refractivity contribution is 9.10. The summed E-state index contributed by atoms with van der Waals surface area (Å²) in [7, 11) is 0. The summed E-state index contributed by atoms with van der Waals surface area (Å²) in [5.74, 6) is 0.189. The van der Waals surface area contributed by atoms with Gasteiger partial charge in [-0.15, -0.1) is 0 Å². The molecule has 0 unspecified atom stereocenters. The smallest absolute Gasteiger partial charge is 0.227 e. The van der Waals surface area contributed by atoms with Crippen molar-refractivity contribution in [3.63, 3.8) is 0 Å². The minimum absolute atomic E-state index is 0.189. The number of hydrogen-bond acceptors (Lipinski definition) is 1. The predicted molar refractivity (Wildman–Crippen MR) is 100 cm³/mol. The highest BCUT2D eigenvalue weighted by Crippen LogP contribution is 2.29. The van der Waals surface area contributed by atoms with Crippen molar-refractivity contribution in [3.8, 4) is 0 Å². The second-order valence-corrected chi connectivity index (χ2v) is 7.32. The maximum atomic E-state index is 12.7. The van der Waals surface area contributed by atoms with Crippen LogP contribution >= 0.6 is 15.9 Å². The van der Waals surface area contributed by atoms with E-state index in [9.17, 15) is 4.79 Å².